The van der Waals surface area contributed by atoms with E-state index in [4.69, 9.17) is 0 Å². The zero-order chi connectivity index (χ0) is 14.0. The summed E-state index contributed by atoms with van der Waals surface area (Å²) in [4.78, 5) is 0. The number of hydrogen-bond acceptors (Lipinski definition) is 2. The molecule has 0 saturated carbocycles. The second-order valence-electron chi connectivity index (χ2n) is 4.20. The number of hydrogen-bond donors (Lipinski definition) is 2. The molecule has 2 rings (SSSR count). The number of phenolic OH excluding ortho intramolecular Hbond substituents is 1. The van der Waals surface area contributed by atoms with Crippen molar-refractivity contribution < 1.29 is 13.9 Å². The van der Waals surface area contributed by atoms with Crippen molar-refractivity contribution >= 4 is 21.6 Å². The Hall–Kier alpha value is -1.62. The largest absolute Gasteiger partial charge is 0.507 e. The van der Waals surface area contributed by atoms with Crippen LogP contribution in [-0.4, -0.2) is 5.11 Å². The van der Waals surface area contributed by atoms with Gasteiger partial charge in [-0.25, -0.2) is 8.78 Å². The lowest BCUT2D eigenvalue weighted by Gasteiger charge is -2.17. The molecule has 19 heavy (non-hydrogen) atoms. The van der Waals surface area contributed by atoms with E-state index in [0.29, 0.717) is 15.7 Å². The maximum Gasteiger partial charge on any atom is 0.137 e. The van der Waals surface area contributed by atoms with Gasteiger partial charge in [-0.2, -0.15) is 0 Å². The van der Waals surface area contributed by atoms with E-state index in [9.17, 15) is 13.9 Å². The molecule has 0 saturated heterocycles. The number of rotatable bonds is 3. The van der Waals surface area contributed by atoms with Crippen molar-refractivity contribution in [2.45, 2.75) is 13.0 Å². The molecule has 0 aromatic heterocycles. The average Bonchev–Trinajstić information content (AvgIpc) is 2.33. The van der Waals surface area contributed by atoms with Crippen molar-refractivity contribution in [2.24, 2.45) is 0 Å². The van der Waals surface area contributed by atoms with Crippen LogP contribution in [0.5, 0.6) is 5.75 Å². The lowest BCUT2D eigenvalue weighted by atomic mass is 10.1. The monoisotopic (exact) mass is 327 g/mol. The molecule has 0 fully saturated rings. The average molecular weight is 328 g/mol. The van der Waals surface area contributed by atoms with Gasteiger partial charge in [-0.3, -0.25) is 0 Å². The standard InChI is InChI=1S/C14H12BrF2NO/c1-8(11-4-2-9(16)6-14(11)19)18-10-3-5-13(17)12(15)7-10/h2-8,18-19H,1H3. The first kappa shape index (κ1) is 13.8. The molecular formula is C14H12BrF2NO. The minimum Gasteiger partial charge on any atom is -0.507 e. The van der Waals surface area contributed by atoms with Crippen molar-refractivity contribution in [1.82, 2.24) is 0 Å². The van der Waals surface area contributed by atoms with Gasteiger partial charge in [-0.1, -0.05) is 6.07 Å². The first-order valence-corrected chi connectivity index (χ1v) is 6.46. The first-order chi connectivity index (χ1) is 8.97. The van der Waals surface area contributed by atoms with Gasteiger partial charge >= 0.3 is 0 Å². The molecular weight excluding hydrogens is 316 g/mol. The summed E-state index contributed by atoms with van der Waals surface area (Å²) in [7, 11) is 0. The lowest BCUT2D eigenvalue weighted by molar-refractivity contribution is 0.459. The van der Waals surface area contributed by atoms with Crippen molar-refractivity contribution in [1.29, 1.82) is 0 Å². The van der Waals surface area contributed by atoms with Crippen LogP contribution in [0.1, 0.15) is 18.5 Å². The molecule has 0 aliphatic heterocycles. The van der Waals surface area contributed by atoms with Gasteiger partial charge in [-0.15, -0.1) is 0 Å². The summed E-state index contributed by atoms with van der Waals surface area (Å²) in [6.45, 7) is 1.82. The van der Waals surface area contributed by atoms with E-state index in [1.54, 1.807) is 12.1 Å². The second-order valence-corrected chi connectivity index (χ2v) is 5.05. The molecule has 2 aromatic rings. The topological polar surface area (TPSA) is 32.3 Å². The highest BCUT2D eigenvalue weighted by atomic mass is 79.9. The molecule has 0 radical (unpaired) electrons. The predicted molar refractivity (Wildman–Crippen MR) is 74.2 cm³/mol. The first-order valence-electron chi connectivity index (χ1n) is 5.67. The predicted octanol–water partition coefficient (Wildman–Crippen LogP) is 4.61. The van der Waals surface area contributed by atoms with Crippen molar-refractivity contribution in [2.75, 3.05) is 5.32 Å². The minimum absolute atomic E-state index is 0.110. The highest BCUT2D eigenvalue weighted by Gasteiger charge is 2.11. The summed E-state index contributed by atoms with van der Waals surface area (Å²) < 4.78 is 26.4. The zero-order valence-corrected chi connectivity index (χ0v) is 11.7. The van der Waals surface area contributed by atoms with E-state index in [2.05, 4.69) is 21.2 Å². The fourth-order valence-electron chi connectivity index (χ4n) is 1.80. The molecule has 0 aliphatic carbocycles. The van der Waals surface area contributed by atoms with Crippen LogP contribution in [0.15, 0.2) is 40.9 Å². The fraction of sp³-hybridized carbons (Fsp3) is 0.143. The van der Waals surface area contributed by atoms with Gasteiger partial charge in [0.25, 0.3) is 0 Å². The van der Waals surface area contributed by atoms with Gasteiger partial charge in [0.15, 0.2) is 0 Å². The fourth-order valence-corrected chi connectivity index (χ4v) is 2.18. The number of benzene rings is 2. The summed E-state index contributed by atoms with van der Waals surface area (Å²) in [6.07, 6.45) is 0. The summed E-state index contributed by atoms with van der Waals surface area (Å²) in [5, 5.41) is 12.8. The Bertz CT molecular complexity index is 604. The van der Waals surface area contributed by atoms with Gasteiger partial charge in [0.1, 0.15) is 17.4 Å². The van der Waals surface area contributed by atoms with Crippen LogP contribution < -0.4 is 5.32 Å². The number of aromatic hydroxyl groups is 1. The minimum atomic E-state index is -0.488. The van der Waals surface area contributed by atoms with Gasteiger partial charge in [0.05, 0.1) is 10.5 Å². The molecule has 1 atom stereocenters. The number of halogens is 3. The van der Waals surface area contributed by atoms with E-state index in [1.807, 2.05) is 6.92 Å². The van der Waals surface area contributed by atoms with Gasteiger partial charge in [0.2, 0.25) is 0 Å². The highest BCUT2D eigenvalue weighted by molar-refractivity contribution is 9.10. The molecule has 5 heteroatoms. The van der Waals surface area contributed by atoms with Crippen LogP contribution in [0.25, 0.3) is 0 Å². The van der Waals surface area contributed by atoms with Crippen LogP contribution in [0.4, 0.5) is 14.5 Å². The summed E-state index contributed by atoms with van der Waals surface area (Å²) in [5.74, 6) is -0.943. The number of anilines is 1. The van der Waals surface area contributed by atoms with Gasteiger partial charge < -0.3 is 10.4 Å². The maximum atomic E-state index is 13.1. The van der Waals surface area contributed by atoms with Gasteiger partial charge in [-0.05, 0) is 47.1 Å². The number of nitrogens with one attached hydrogen (secondary N) is 1. The molecule has 2 nitrogen and oxygen atoms in total. The Morgan fingerprint density at radius 1 is 1.16 bits per heavy atom. The van der Waals surface area contributed by atoms with E-state index >= 15 is 0 Å². The van der Waals surface area contributed by atoms with E-state index in [0.717, 1.165) is 6.07 Å². The Morgan fingerprint density at radius 3 is 2.53 bits per heavy atom. The summed E-state index contributed by atoms with van der Waals surface area (Å²) in [6, 6.07) is 8.16. The normalized spacial score (nSPS) is 12.2. The van der Waals surface area contributed by atoms with Gasteiger partial charge in [0, 0.05) is 17.3 Å². The van der Waals surface area contributed by atoms with E-state index < -0.39 is 5.82 Å². The van der Waals surface area contributed by atoms with E-state index in [-0.39, 0.29) is 17.6 Å². The second kappa shape index (κ2) is 5.57. The quantitative estimate of drug-likeness (QED) is 0.863. The van der Waals surface area contributed by atoms with Crippen molar-refractivity contribution in [3.63, 3.8) is 0 Å². The SMILES string of the molecule is CC(Nc1ccc(F)c(Br)c1)c1ccc(F)cc1O. The molecule has 2 N–H and O–H groups in total. The highest BCUT2D eigenvalue weighted by Crippen LogP contribution is 2.29. The summed E-state index contributed by atoms with van der Waals surface area (Å²) in [5.41, 5.74) is 1.27. The zero-order valence-electron chi connectivity index (χ0n) is 10.1. The molecule has 100 valence electrons. The lowest BCUT2D eigenvalue weighted by Crippen LogP contribution is -2.07. The Morgan fingerprint density at radius 2 is 1.89 bits per heavy atom. The van der Waals surface area contributed by atoms with Crippen LogP contribution in [0.2, 0.25) is 0 Å². The molecule has 1 unspecified atom stereocenters. The van der Waals surface area contributed by atoms with Crippen LogP contribution in [0, 0.1) is 11.6 Å². The van der Waals surface area contributed by atoms with E-state index in [1.165, 1.54) is 18.2 Å². The Kier molecular flexibility index (Phi) is 4.04. The van der Waals surface area contributed by atoms with Crippen LogP contribution in [0.3, 0.4) is 0 Å². The smallest absolute Gasteiger partial charge is 0.137 e. The molecule has 0 aliphatic rings. The third kappa shape index (κ3) is 3.23. The van der Waals surface area contributed by atoms with Crippen LogP contribution >= 0.6 is 15.9 Å². The summed E-state index contributed by atoms with van der Waals surface area (Å²) >= 11 is 3.10. The molecule has 0 bridgehead atoms. The van der Waals surface area contributed by atoms with Crippen molar-refractivity contribution in [3.8, 4) is 5.75 Å². The Balaban J connectivity index is 2.20. The molecule has 2 aromatic carbocycles. The molecule has 0 spiro atoms. The molecule has 0 heterocycles. The molecule has 0 amide bonds. The maximum absolute atomic E-state index is 13.1. The van der Waals surface area contributed by atoms with Crippen molar-refractivity contribution in [3.05, 3.63) is 58.1 Å². The third-order valence-electron chi connectivity index (χ3n) is 2.76. The number of phenols is 1. The third-order valence-corrected chi connectivity index (χ3v) is 3.37. The Labute approximate surface area is 118 Å². The van der Waals surface area contributed by atoms with Crippen LogP contribution in [-0.2, 0) is 0 Å².